The van der Waals surface area contributed by atoms with Crippen molar-refractivity contribution in [3.8, 4) is 0 Å². The predicted molar refractivity (Wildman–Crippen MR) is 113 cm³/mol. The number of fused-ring (bicyclic) bond motifs is 1. The molecule has 31 heavy (non-hydrogen) atoms. The number of thioether (sulfide) groups is 1. The van der Waals surface area contributed by atoms with Gasteiger partial charge in [-0.1, -0.05) is 30.3 Å². The first-order chi connectivity index (χ1) is 14.7. The molecule has 6 nitrogen and oxygen atoms in total. The van der Waals surface area contributed by atoms with Crippen LogP contribution >= 0.6 is 23.4 Å². The minimum absolute atomic E-state index is 0.00216. The lowest BCUT2D eigenvalue weighted by Gasteiger charge is -2.34. The molecule has 1 amide bonds. The maximum absolute atomic E-state index is 14.9. The van der Waals surface area contributed by atoms with Gasteiger partial charge in [-0.05, 0) is 24.1 Å². The molecular formula is C20H18ClF3N4O2S. The quantitative estimate of drug-likeness (QED) is 0.621. The summed E-state index contributed by atoms with van der Waals surface area (Å²) in [6, 6.07) is 4.76. The number of aromatic nitrogens is 1. The van der Waals surface area contributed by atoms with Crippen molar-refractivity contribution in [3.05, 3.63) is 58.4 Å². The van der Waals surface area contributed by atoms with E-state index in [0.29, 0.717) is 5.02 Å². The topological polar surface area (TPSA) is 101 Å². The van der Waals surface area contributed by atoms with Crippen molar-refractivity contribution in [1.29, 1.82) is 0 Å². The number of nitrogens with zero attached hydrogens (tertiary/aromatic N) is 2. The molecule has 2 aliphatic rings. The molecule has 1 aromatic heterocycles. The molecule has 0 spiro atoms. The maximum atomic E-state index is 14.9. The summed E-state index contributed by atoms with van der Waals surface area (Å²) in [7, 11) is 0. The second-order valence-corrected chi connectivity index (χ2v) is 9.44. The molecular weight excluding hydrogens is 453 g/mol. The molecule has 1 aromatic carbocycles. The molecule has 2 heterocycles. The summed E-state index contributed by atoms with van der Waals surface area (Å²) in [5, 5.41) is 12.6. The lowest BCUT2D eigenvalue weighted by Crippen LogP contribution is -2.41. The Morgan fingerprint density at radius 1 is 1.39 bits per heavy atom. The minimum atomic E-state index is -1.82. The van der Waals surface area contributed by atoms with E-state index in [4.69, 9.17) is 17.3 Å². The van der Waals surface area contributed by atoms with E-state index in [1.165, 1.54) is 18.3 Å². The number of pyridine rings is 1. The molecule has 0 bridgehead atoms. The first-order valence-corrected chi connectivity index (χ1v) is 10.5. The number of carbonyl (C=O) groups is 1. The Hall–Kier alpha value is -2.30. The third kappa shape index (κ3) is 3.37. The van der Waals surface area contributed by atoms with Crippen molar-refractivity contribution in [2.75, 3.05) is 18.6 Å². The number of aliphatic imine (C=N–C) groups is 1. The Bertz CT molecular complexity index is 1090. The number of halogens is 4. The van der Waals surface area contributed by atoms with Crippen molar-refractivity contribution in [3.63, 3.8) is 0 Å². The third-order valence-corrected chi connectivity index (χ3v) is 7.63. The molecule has 1 aliphatic heterocycles. The standard InChI is InChI=1S/C20H18ClF3N4O2S/c1-9-16-19(7-22,28-18(25)31-20(9,16)8-29)12-4-11(5-13(23)15(12)24)27-17(30)14-3-2-10(21)6-26-14/h2-6,9,16,29H,7-8H2,1H3,(H2,25,28)(H,27,30)/t9?,16?,19-,20+/m1/s1. The highest BCUT2D eigenvalue weighted by Gasteiger charge is 2.73. The molecule has 0 saturated heterocycles. The van der Waals surface area contributed by atoms with Crippen molar-refractivity contribution in [1.82, 2.24) is 4.98 Å². The Morgan fingerprint density at radius 2 is 2.13 bits per heavy atom. The summed E-state index contributed by atoms with van der Waals surface area (Å²) in [4.78, 5) is 20.5. The summed E-state index contributed by atoms with van der Waals surface area (Å²) >= 11 is 6.87. The van der Waals surface area contributed by atoms with Gasteiger partial charge in [0.05, 0.1) is 16.4 Å². The highest BCUT2D eigenvalue weighted by molar-refractivity contribution is 8.15. The number of carbonyl (C=O) groups excluding carboxylic acids is 1. The first-order valence-electron chi connectivity index (χ1n) is 9.32. The van der Waals surface area contributed by atoms with Crippen LogP contribution in [-0.4, -0.2) is 39.2 Å². The SMILES string of the molecule is CC1C2[C@@]1(CO)SC(N)=N[C@]2(CF)c1cc(NC(=O)c2ccc(Cl)cn2)cc(F)c1F. The molecule has 0 radical (unpaired) electrons. The number of aliphatic hydroxyl groups is 1. The fourth-order valence-electron chi connectivity index (χ4n) is 4.43. The fraction of sp³-hybridized carbons (Fsp3) is 0.350. The van der Waals surface area contributed by atoms with E-state index in [1.54, 1.807) is 6.92 Å². The van der Waals surface area contributed by atoms with Crippen molar-refractivity contribution < 1.29 is 23.1 Å². The zero-order chi connectivity index (χ0) is 22.6. The minimum Gasteiger partial charge on any atom is -0.395 e. The molecule has 1 fully saturated rings. The fourth-order valence-corrected chi connectivity index (χ4v) is 5.98. The van der Waals surface area contributed by atoms with Crippen LogP contribution in [0, 0.1) is 23.5 Å². The van der Waals surface area contributed by atoms with Crippen molar-refractivity contribution >= 4 is 40.1 Å². The van der Waals surface area contributed by atoms with Crippen LogP contribution < -0.4 is 11.1 Å². The van der Waals surface area contributed by atoms with Crippen molar-refractivity contribution in [2.24, 2.45) is 22.6 Å². The van der Waals surface area contributed by atoms with Crippen molar-refractivity contribution in [2.45, 2.75) is 17.2 Å². The summed E-state index contributed by atoms with van der Waals surface area (Å²) in [6.45, 7) is 0.306. The first kappa shape index (κ1) is 21.9. The van der Waals surface area contributed by atoms with Gasteiger partial charge in [0.15, 0.2) is 16.8 Å². The second kappa shape index (κ2) is 7.68. The lowest BCUT2D eigenvalue weighted by atomic mass is 9.84. The number of rotatable bonds is 5. The van der Waals surface area contributed by atoms with Crippen LogP contribution in [-0.2, 0) is 5.54 Å². The van der Waals surface area contributed by atoms with Gasteiger partial charge in [0.1, 0.15) is 17.9 Å². The van der Waals surface area contributed by atoms with Gasteiger partial charge in [0.2, 0.25) is 0 Å². The number of anilines is 1. The molecule has 11 heteroatoms. The largest absolute Gasteiger partial charge is 0.395 e. The van der Waals surface area contributed by atoms with E-state index in [2.05, 4.69) is 15.3 Å². The van der Waals surface area contributed by atoms with E-state index < -0.39 is 40.4 Å². The van der Waals surface area contributed by atoms with Gasteiger partial charge in [0.25, 0.3) is 5.91 Å². The Kier molecular flexibility index (Phi) is 5.43. The zero-order valence-corrected chi connectivity index (χ0v) is 17.8. The monoisotopic (exact) mass is 470 g/mol. The summed E-state index contributed by atoms with van der Waals surface area (Å²) < 4.78 is 43.1. The number of benzene rings is 1. The van der Waals surface area contributed by atoms with Crippen LogP contribution in [0.2, 0.25) is 5.02 Å². The number of amides is 1. The number of alkyl halides is 1. The summed E-state index contributed by atoms with van der Waals surface area (Å²) in [5.74, 6) is -4.10. The Balaban J connectivity index is 1.76. The molecule has 1 saturated carbocycles. The smallest absolute Gasteiger partial charge is 0.274 e. The van der Waals surface area contributed by atoms with E-state index >= 15 is 0 Å². The van der Waals surface area contributed by atoms with E-state index in [1.807, 2.05) is 0 Å². The van der Waals surface area contributed by atoms with Crippen LogP contribution in [0.1, 0.15) is 23.0 Å². The lowest BCUT2D eigenvalue weighted by molar-refractivity contribution is 0.102. The Morgan fingerprint density at radius 3 is 2.74 bits per heavy atom. The number of hydrogen-bond donors (Lipinski definition) is 3. The molecule has 4 N–H and O–H groups in total. The number of hydrogen-bond acceptors (Lipinski definition) is 6. The summed E-state index contributed by atoms with van der Waals surface area (Å²) in [5.41, 5.74) is 3.60. The van der Waals surface area contributed by atoms with Gasteiger partial charge in [-0.25, -0.2) is 23.1 Å². The van der Waals surface area contributed by atoms with Gasteiger partial charge >= 0.3 is 0 Å². The second-order valence-electron chi connectivity index (χ2n) is 7.62. The molecule has 4 rings (SSSR count). The maximum Gasteiger partial charge on any atom is 0.274 e. The average Bonchev–Trinajstić information content (AvgIpc) is 3.35. The van der Waals surface area contributed by atoms with Gasteiger partial charge in [0, 0.05) is 29.4 Å². The molecule has 164 valence electrons. The van der Waals surface area contributed by atoms with Crippen LogP contribution in [0.5, 0.6) is 0 Å². The van der Waals surface area contributed by atoms with Crippen LogP contribution in [0.4, 0.5) is 18.9 Å². The normalized spacial score (nSPS) is 29.2. The average molecular weight is 471 g/mol. The third-order valence-electron chi connectivity index (χ3n) is 5.97. The van der Waals surface area contributed by atoms with E-state index in [0.717, 1.165) is 23.9 Å². The van der Waals surface area contributed by atoms with E-state index in [9.17, 15) is 23.1 Å². The molecule has 2 aromatic rings. The van der Waals surface area contributed by atoms with Gasteiger partial charge in [-0.15, -0.1) is 0 Å². The number of amidine groups is 1. The van der Waals surface area contributed by atoms with Gasteiger partial charge in [-0.3, -0.25) is 4.79 Å². The van der Waals surface area contributed by atoms with Gasteiger partial charge < -0.3 is 16.2 Å². The molecule has 1 aliphatic carbocycles. The number of nitrogens with two attached hydrogens (primary N) is 1. The molecule has 2 unspecified atom stereocenters. The highest BCUT2D eigenvalue weighted by atomic mass is 35.5. The van der Waals surface area contributed by atoms with Crippen LogP contribution in [0.15, 0.2) is 35.5 Å². The van der Waals surface area contributed by atoms with Crippen LogP contribution in [0.3, 0.4) is 0 Å². The number of nitrogens with one attached hydrogen (secondary N) is 1. The Labute approximate surface area is 185 Å². The molecule has 4 atom stereocenters. The summed E-state index contributed by atoms with van der Waals surface area (Å²) in [6.07, 6.45) is 1.27. The highest BCUT2D eigenvalue weighted by Crippen LogP contribution is 2.69. The number of aliphatic hydroxyl groups excluding tert-OH is 1. The zero-order valence-electron chi connectivity index (χ0n) is 16.2. The van der Waals surface area contributed by atoms with Crippen LogP contribution in [0.25, 0.3) is 0 Å². The van der Waals surface area contributed by atoms with E-state index in [-0.39, 0.29) is 34.6 Å². The predicted octanol–water partition coefficient (Wildman–Crippen LogP) is 3.49. The van der Waals surface area contributed by atoms with Gasteiger partial charge in [-0.2, -0.15) is 0 Å².